The van der Waals surface area contributed by atoms with Crippen LogP contribution in [0.1, 0.15) is 15.2 Å². The predicted molar refractivity (Wildman–Crippen MR) is 87.5 cm³/mol. The van der Waals surface area contributed by atoms with Crippen LogP contribution in [0.4, 0.5) is 0 Å². The average molecular weight is 371 g/mol. The molecule has 20 heavy (non-hydrogen) atoms. The zero-order valence-corrected chi connectivity index (χ0v) is 14.1. The molecule has 3 rings (SSSR count). The van der Waals surface area contributed by atoms with Crippen LogP contribution in [0, 0.1) is 0 Å². The molecule has 0 aromatic carbocycles. The van der Waals surface area contributed by atoms with Crippen molar-refractivity contribution in [3.05, 3.63) is 43.2 Å². The van der Waals surface area contributed by atoms with Gasteiger partial charge in [0.1, 0.15) is 0 Å². The summed E-state index contributed by atoms with van der Waals surface area (Å²) < 4.78 is 1.01. The van der Waals surface area contributed by atoms with Gasteiger partial charge in [0.25, 0.3) is 5.91 Å². The van der Waals surface area contributed by atoms with Gasteiger partial charge in [-0.05, 0) is 33.4 Å². The standard InChI is InChI=1S/C14H15BrN2OS2/c15-13-8-11(10-20-13)14(18)17-5-3-16(4-6-17)9-12-2-1-7-19-12/h1-2,7-8,10H,3-6,9H2. The molecule has 1 aliphatic rings. The van der Waals surface area contributed by atoms with Crippen molar-refractivity contribution in [2.45, 2.75) is 6.54 Å². The molecule has 0 spiro atoms. The smallest absolute Gasteiger partial charge is 0.254 e. The lowest BCUT2D eigenvalue weighted by molar-refractivity contribution is 0.0630. The maximum atomic E-state index is 12.3. The van der Waals surface area contributed by atoms with Crippen molar-refractivity contribution in [3.63, 3.8) is 0 Å². The summed E-state index contributed by atoms with van der Waals surface area (Å²) in [6.07, 6.45) is 0. The Hall–Kier alpha value is -0.690. The van der Waals surface area contributed by atoms with Gasteiger partial charge in [-0.25, -0.2) is 0 Å². The van der Waals surface area contributed by atoms with Crippen LogP contribution >= 0.6 is 38.6 Å². The molecule has 0 radical (unpaired) electrons. The van der Waals surface area contributed by atoms with E-state index in [4.69, 9.17) is 0 Å². The lowest BCUT2D eigenvalue weighted by Gasteiger charge is -2.34. The van der Waals surface area contributed by atoms with Gasteiger partial charge in [0.05, 0.1) is 9.35 Å². The second-order valence-corrected chi connectivity index (χ2v) is 8.11. The molecule has 0 unspecified atom stereocenters. The molecular weight excluding hydrogens is 356 g/mol. The molecular formula is C14H15BrN2OS2. The molecule has 0 bridgehead atoms. The number of rotatable bonds is 3. The Kier molecular flexibility index (Phi) is 4.55. The minimum Gasteiger partial charge on any atom is -0.336 e. The second-order valence-electron chi connectivity index (χ2n) is 4.79. The van der Waals surface area contributed by atoms with Crippen molar-refractivity contribution < 1.29 is 4.79 Å². The molecule has 0 aliphatic carbocycles. The Bertz CT molecular complexity index is 574. The molecule has 2 aromatic rings. The number of hydrogen-bond donors (Lipinski definition) is 0. The maximum absolute atomic E-state index is 12.3. The van der Waals surface area contributed by atoms with Crippen LogP contribution in [0.2, 0.25) is 0 Å². The van der Waals surface area contributed by atoms with Crippen LogP contribution in [0.5, 0.6) is 0 Å². The number of piperazine rings is 1. The highest BCUT2D eigenvalue weighted by molar-refractivity contribution is 9.11. The maximum Gasteiger partial charge on any atom is 0.254 e. The van der Waals surface area contributed by atoms with Crippen molar-refractivity contribution in [2.75, 3.05) is 26.2 Å². The summed E-state index contributed by atoms with van der Waals surface area (Å²) in [5.74, 6) is 0.155. The zero-order valence-electron chi connectivity index (χ0n) is 10.9. The topological polar surface area (TPSA) is 23.6 Å². The summed E-state index contributed by atoms with van der Waals surface area (Å²) in [5, 5.41) is 4.04. The van der Waals surface area contributed by atoms with E-state index in [-0.39, 0.29) is 5.91 Å². The van der Waals surface area contributed by atoms with E-state index < -0.39 is 0 Å². The number of nitrogens with zero attached hydrogens (tertiary/aromatic N) is 2. The molecule has 0 N–H and O–H groups in total. The summed E-state index contributed by atoms with van der Waals surface area (Å²) >= 11 is 6.77. The summed E-state index contributed by atoms with van der Waals surface area (Å²) in [6.45, 7) is 4.54. The Morgan fingerprint density at radius 1 is 1.25 bits per heavy atom. The number of thiophene rings is 2. The van der Waals surface area contributed by atoms with Crippen molar-refractivity contribution in [1.82, 2.24) is 9.80 Å². The van der Waals surface area contributed by atoms with Gasteiger partial charge in [-0.15, -0.1) is 22.7 Å². The first-order valence-corrected chi connectivity index (χ1v) is 9.05. The van der Waals surface area contributed by atoms with Gasteiger partial charge in [-0.2, -0.15) is 0 Å². The lowest BCUT2D eigenvalue weighted by Crippen LogP contribution is -2.48. The highest BCUT2D eigenvalue weighted by Crippen LogP contribution is 2.22. The molecule has 6 heteroatoms. The Morgan fingerprint density at radius 3 is 2.65 bits per heavy atom. The fourth-order valence-corrected chi connectivity index (χ4v) is 4.21. The molecule has 106 valence electrons. The van der Waals surface area contributed by atoms with Gasteiger partial charge in [-0.1, -0.05) is 6.07 Å². The number of carbonyl (C=O) groups excluding carboxylic acids is 1. The fraction of sp³-hybridized carbons (Fsp3) is 0.357. The van der Waals surface area contributed by atoms with E-state index in [1.807, 2.05) is 16.3 Å². The molecule has 3 heterocycles. The molecule has 1 fully saturated rings. The van der Waals surface area contributed by atoms with Crippen LogP contribution in [0.25, 0.3) is 0 Å². The Morgan fingerprint density at radius 2 is 2.05 bits per heavy atom. The number of amides is 1. The highest BCUT2D eigenvalue weighted by atomic mass is 79.9. The third-order valence-corrected chi connectivity index (χ3v) is 5.80. The SMILES string of the molecule is O=C(c1csc(Br)c1)N1CCN(Cc2cccs2)CC1. The molecule has 3 nitrogen and oxygen atoms in total. The second kappa shape index (κ2) is 6.39. The van der Waals surface area contributed by atoms with E-state index in [0.29, 0.717) is 0 Å². The number of carbonyl (C=O) groups is 1. The van der Waals surface area contributed by atoms with Gasteiger partial charge in [0.2, 0.25) is 0 Å². The molecule has 2 aromatic heterocycles. The molecule has 0 atom stereocenters. The van der Waals surface area contributed by atoms with E-state index in [1.54, 1.807) is 22.7 Å². The minimum absolute atomic E-state index is 0.155. The van der Waals surface area contributed by atoms with Gasteiger partial charge in [-0.3, -0.25) is 9.69 Å². The van der Waals surface area contributed by atoms with Crippen molar-refractivity contribution >= 4 is 44.5 Å². The van der Waals surface area contributed by atoms with E-state index in [2.05, 4.69) is 38.3 Å². The molecule has 1 aliphatic heterocycles. The summed E-state index contributed by atoms with van der Waals surface area (Å²) in [5.41, 5.74) is 0.800. The normalized spacial score (nSPS) is 16.6. The average Bonchev–Trinajstić information content (AvgIpc) is 3.10. The highest BCUT2D eigenvalue weighted by Gasteiger charge is 2.22. The van der Waals surface area contributed by atoms with Crippen molar-refractivity contribution in [3.8, 4) is 0 Å². The largest absolute Gasteiger partial charge is 0.336 e. The van der Waals surface area contributed by atoms with Gasteiger partial charge < -0.3 is 4.90 Å². The van der Waals surface area contributed by atoms with Gasteiger partial charge in [0.15, 0.2) is 0 Å². The van der Waals surface area contributed by atoms with Crippen LogP contribution < -0.4 is 0 Å². The fourth-order valence-electron chi connectivity index (χ4n) is 2.34. The zero-order chi connectivity index (χ0) is 13.9. The van der Waals surface area contributed by atoms with Gasteiger partial charge in [0, 0.05) is 43.0 Å². The third-order valence-electron chi connectivity index (χ3n) is 3.43. The van der Waals surface area contributed by atoms with Gasteiger partial charge >= 0.3 is 0 Å². The van der Waals surface area contributed by atoms with Crippen LogP contribution in [-0.4, -0.2) is 41.9 Å². The van der Waals surface area contributed by atoms with Crippen LogP contribution in [0.15, 0.2) is 32.7 Å². The van der Waals surface area contributed by atoms with E-state index in [1.165, 1.54) is 4.88 Å². The van der Waals surface area contributed by atoms with E-state index in [0.717, 1.165) is 42.1 Å². The number of hydrogen-bond acceptors (Lipinski definition) is 4. The first-order valence-electron chi connectivity index (χ1n) is 6.50. The minimum atomic E-state index is 0.155. The number of halogens is 1. The van der Waals surface area contributed by atoms with Crippen LogP contribution in [-0.2, 0) is 6.54 Å². The Labute approximate surface area is 135 Å². The molecule has 1 saturated heterocycles. The molecule has 0 saturated carbocycles. The quantitative estimate of drug-likeness (QED) is 0.824. The first-order chi connectivity index (χ1) is 9.72. The molecule has 1 amide bonds. The monoisotopic (exact) mass is 370 g/mol. The Balaban J connectivity index is 1.54. The van der Waals surface area contributed by atoms with E-state index >= 15 is 0 Å². The summed E-state index contributed by atoms with van der Waals surface area (Å²) in [7, 11) is 0. The van der Waals surface area contributed by atoms with Crippen molar-refractivity contribution in [1.29, 1.82) is 0 Å². The summed E-state index contributed by atoms with van der Waals surface area (Å²) in [4.78, 5) is 18.1. The van der Waals surface area contributed by atoms with Crippen molar-refractivity contribution in [2.24, 2.45) is 0 Å². The lowest BCUT2D eigenvalue weighted by atomic mass is 10.2. The van der Waals surface area contributed by atoms with E-state index in [9.17, 15) is 4.79 Å². The van der Waals surface area contributed by atoms with Crippen LogP contribution in [0.3, 0.4) is 0 Å². The first kappa shape index (κ1) is 14.3. The predicted octanol–water partition coefficient (Wildman–Crippen LogP) is 3.53. The third kappa shape index (κ3) is 3.31. The summed E-state index contributed by atoms with van der Waals surface area (Å²) in [6, 6.07) is 6.17.